The molecule has 2 aliphatic rings. The number of benzene rings is 1. The minimum Gasteiger partial charge on any atom is -0.493 e. The molecule has 9 nitrogen and oxygen atoms in total. The van der Waals surface area contributed by atoms with E-state index >= 15 is 0 Å². The van der Waals surface area contributed by atoms with E-state index < -0.39 is 4.92 Å². The number of nitro benzene ring substituents is 1. The maximum absolute atomic E-state index is 13.0. The molecule has 0 N–H and O–H groups in total. The first-order valence-electron chi connectivity index (χ1n) is 9.06. The second-order valence-electron chi connectivity index (χ2n) is 6.45. The minimum atomic E-state index is -0.567. The van der Waals surface area contributed by atoms with Gasteiger partial charge in [0.15, 0.2) is 17.8 Å². The zero-order valence-corrected chi connectivity index (χ0v) is 15.5. The predicted octanol–water partition coefficient (Wildman–Crippen LogP) is 2.23. The molecular weight excluding hydrogens is 356 g/mol. The first-order valence-corrected chi connectivity index (χ1v) is 9.06. The van der Waals surface area contributed by atoms with E-state index in [-0.39, 0.29) is 35.1 Å². The molecule has 2 saturated heterocycles. The summed E-state index contributed by atoms with van der Waals surface area (Å²) in [6, 6.07) is 2.64. The Hall–Kier alpha value is -2.39. The Bertz CT molecular complexity index is 695. The van der Waals surface area contributed by atoms with Crippen molar-refractivity contribution in [2.45, 2.75) is 26.1 Å². The summed E-state index contributed by atoms with van der Waals surface area (Å²) >= 11 is 0. The van der Waals surface area contributed by atoms with Crippen LogP contribution in [0, 0.1) is 16.0 Å². The summed E-state index contributed by atoms with van der Waals surface area (Å²) in [6.07, 6.45) is 1.26. The largest absolute Gasteiger partial charge is 0.493 e. The Morgan fingerprint density at radius 1 is 1.26 bits per heavy atom. The number of rotatable bonds is 6. The Morgan fingerprint density at radius 2 is 1.93 bits per heavy atom. The summed E-state index contributed by atoms with van der Waals surface area (Å²) in [5.41, 5.74) is -0.277. The van der Waals surface area contributed by atoms with Gasteiger partial charge in [-0.25, -0.2) is 0 Å². The van der Waals surface area contributed by atoms with Crippen LogP contribution in [0.1, 0.15) is 30.1 Å². The van der Waals surface area contributed by atoms with Crippen molar-refractivity contribution in [1.29, 1.82) is 0 Å². The Morgan fingerprint density at radius 3 is 2.48 bits per heavy atom. The van der Waals surface area contributed by atoms with Crippen LogP contribution < -0.4 is 9.47 Å². The number of nitro groups is 1. The maximum atomic E-state index is 13.0. The van der Waals surface area contributed by atoms with Crippen molar-refractivity contribution in [3.8, 4) is 11.5 Å². The third-order valence-corrected chi connectivity index (χ3v) is 4.87. The fraction of sp³-hybridized carbons (Fsp3) is 0.611. The molecule has 2 aliphatic heterocycles. The van der Waals surface area contributed by atoms with Crippen LogP contribution in [0.4, 0.5) is 5.69 Å². The number of hydrogen-bond donors (Lipinski definition) is 0. The number of piperidine rings is 1. The van der Waals surface area contributed by atoms with Crippen LogP contribution in [0.15, 0.2) is 12.1 Å². The Kier molecular flexibility index (Phi) is 6.12. The SMILES string of the molecule is CCOc1cc([N+](=O)[O-])c(C(=O)N2CCC(C3OCCO3)CC2)cc1OC. The molecule has 27 heavy (non-hydrogen) atoms. The highest BCUT2D eigenvalue weighted by atomic mass is 16.7. The van der Waals surface area contributed by atoms with E-state index in [1.165, 1.54) is 19.2 Å². The monoisotopic (exact) mass is 380 g/mol. The molecule has 0 aliphatic carbocycles. The summed E-state index contributed by atoms with van der Waals surface area (Å²) in [5, 5.41) is 11.5. The molecule has 0 aromatic heterocycles. The van der Waals surface area contributed by atoms with Gasteiger partial charge in [0.1, 0.15) is 5.56 Å². The molecule has 2 fully saturated rings. The number of methoxy groups -OCH3 is 1. The van der Waals surface area contributed by atoms with Gasteiger partial charge >= 0.3 is 0 Å². The fourth-order valence-electron chi connectivity index (χ4n) is 3.49. The van der Waals surface area contributed by atoms with E-state index in [1.807, 2.05) is 0 Å². The smallest absolute Gasteiger partial charge is 0.286 e. The van der Waals surface area contributed by atoms with E-state index in [0.29, 0.717) is 38.7 Å². The van der Waals surface area contributed by atoms with Gasteiger partial charge in [0.25, 0.3) is 11.6 Å². The van der Waals surface area contributed by atoms with E-state index in [2.05, 4.69) is 0 Å². The number of ether oxygens (including phenoxy) is 4. The average molecular weight is 380 g/mol. The van der Waals surface area contributed by atoms with Gasteiger partial charge < -0.3 is 23.8 Å². The molecule has 1 aromatic rings. The molecule has 148 valence electrons. The van der Waals surface area contributed by atoms with Crippen molar-refractivity contribution >= 4 is 11.6 Å². The summed E-state index contributed by atoms with van der Waals surface area (Å²) in [4.78, 5) is 25.5. The van der Waals surface area contributed by atoms with Crippen molar-refractivity contribution in [2.75, 3.05) is 40.0 Å². The van der Waals surface area contributed by atoms with Gasteiger partial charge in [-0.15, -0.1) is 0 Å². The summed E-state index contributed by atoms with van der Waals surface area (Å²) in [7, 11) is 1.44. The molecule has 0 bridgehead atoms. The van der Waals surface area contributed by atoms with Crippen molar-refractivity contribution in [2.24, 2.45) is 5.92 Å². The standard InChI is InChI=1S/C18H24N2O7/c1-3-25-16-11-14(20(22)23)13(10-15(16)24-2)17(21)19-6-4-12(5-7-19)18-26-8-9-27-18/h10-12,18H,3-9H2,1-2H3. The van der Waals surface area contributed by atoms with Gasteiger partial charge in [-0.2, -0.15) is 0 Å². The van der Waals surface area contributed by atoms with Crippen molar-refractivity contribution in [3.05, 3.63) is 27.8 Å². The molecule has 0 spiro atoms. The summed E-state index contributed by atoms with van der Waals surface area (Å²) < 4.78 is 21.7. The molecular formula is C18H24N2O7. The highest BCUT2D eigenvalue weighted by molar-refractivity contribution is 5.99. The second-order valence-corrected chi connectivity index (χ2v) is 6.45. The zero-order chi connectivity index (χ0) is 19.4. The van der Waals surface area contributed by atoms with E-state index in [9.17, 15) is 14.9 Å². The Balaban J connectivity index is 1.78. The van der Waals surface area contributed by atoms with E-state index in [0.717, 1.165) is 12.8 Å². The van der Waals surface area contributed by atoms with Crippen molar-refractivity contribution in [3.63, 3.8) is 0 Å². The van der Waals surface area contributed by atoms with Gasteiger partial charge in [0.05, 0.1) is 37.9 Å². The number of carbonyl (C=O) groups excluding carboxylic acids is 1. The fourth-order valence-corrected chi connectivity index (χ4v) is 3.49. The summed E-state index contributed by atoms with van der Waals surface area (Å²) in [5.74, 6) is 0.405. The first-order chi connectivity index (χ1) is 13.0. The lowest BCUT2D eigenvalue weighted by atomic mass is 9.95. The lowest BCUT2D eigenvalue weighted by Crippen LogP contribution is -2.41. The molecule has 9 heteroatoms. The highest BCUT2D eigenvalue weighted by Gasteiger charge is 2.34. The number of hydrogen-bond acceptors (Lipinski definition) is 7. The third-order valence-electron chi connectivity index (χ3n) is 4.87. The molecule has 0 radical (unpaired) electrons. The van der Waals surface area contributed by atoms with Crippen molar-refractivity contribution < 1.29 is 28.7 Å². The second kappa shape index (κ2) is 8.53. The minimum absolute atomic E-state index is 0.00659. The molecule has 1 amide bonds. The number of amides is 1. The first kappa shape index (κ1) is 19.4. The van der Waals surface area contributed by atoms with Gasteiger partial charge in [0.2, 0.25) is 0 Å². The van der Waals surface area contributed by atoms with Crippen LogP contribution in [0.5, 0.6) is 11.5 Å². The van der Waals surface area contributed by atoms with Gasteiger partial charge in [-0.05, 0) is 19.8 Å². The molecule has 2 heterocycles. The highest BCUT2D eigenvalue weighted by Crippen LogP contribution is 2.36. The molecule has 0 unspecified atom stereocenters. The quantitative estimate of drug-likeness (QED) is 0.551. The normalized spacial score (nSPS) is 18.5. The number of likely N-dealkylation sites (tertiary alicyclic amines) is 1. The molecule has 0 atom stereocenters. The van der Waals surface area contributed by atoms with Gasteiger partial charge in [-0.1, -0.05) is 0 Å². The number of carbonyl (C=O) groups is 1. The number of nitrogens with zero attached hydrogens (tertiary/aromatic N) is 2. The van der Waals surface area contributed by atoms with Crippen molar-refractivity contribution in [1.82, 2.24) is 4.90 Å². The molecule has 0 saturated carbocycles. The zero-order valence-electron chi connectivity index (χ0n) is 15.5. The van der Waals surface area contributed by atoms with Crippen LogP contribution >= 0.6 is 0 Å². The maximum Gasteiger partial charge on any atom is 0.286 e. The molecule has 1 aromatic carbocycles. The van der Waals surface area contributed by atoms with E-state index in [4.69, 9.17) is 18.9 Å². The topological polar surface area (TPSA) is 100 Å². The van der Waals surface area contributed by atoms with Crippen LogP contribution in [-0.4, -0.2) is 62.0 Å². The lowest BCUT2D eigenvalue weighted by Gasteiger charge is -2.33. The van der Waals surface area contributed by atoms with Crippen LogP contribution in [0.3, 0.4) is 0 Å². The van der Waals surface area contributed by atoms with Crippen LogP contribution in [0.2, 0.25) is 0 Å². The van der Waals surface area contributed by atoms with Gasteiger partial charge in [-0.3, -0.25) is 14.9 Å². The van der Waals surface area contributed by atoms with Gasteiger partial charge in [0, 0.05) is 25.1 Å². The van der Waals surface area contributed by atoms with E-state index in [1.54, 1.807) is 11.8 Å². The average Bonchev–Trinajstić information content (AvgIpc) is 3.22. The lowest BCUT2D eigenvalue weighted by molar-refractivity contribution is -0.385. The summed E-state index contributed by atoms with van der Waals surface area (Å²) in [6.45, 7) is 4.30. The third kappa shape index (κ3) is 4.14. The predicted molar refractivity (Wildman–Crippen MR) is 95.1 cm³/mol. The molecule has 3 rings (SSSR count). The Labute approximate surface area is 157 Å². The van der Waals surface area contributed by atoms with Crippen LogP contribution in [-0.2, 0) is 9.47 Å². The van der Waals surface area contributed by atoms with Crippen LogP contribution in [0.25, 0.3) is 0 Å².